The number of hydrogen-bond acceptors (Lipinski definition) is 2. The van der Waals surface area contributed by atoms with Crippen LogP contribution >= 0.6 is 15.9 Å². The van der Waals surface area contributed by atoms with Crippen LogP contribution < -0.4 is 0 Å². The predicted molar refractivity (Wildman–Crippen MR) is 156 cm³/mol. The maximum Gasteiger partial charge on any atom is 0.141 e. The van der Waals surface area contributed by atoms with Gasteiger partial charge in [-0.05, 0) is 81.0 Å². The van der Waals surface area contributed by atoms with E-state index < -0.39 is 11.2 Å². The van der Waals surface area contributed by atoms with Crippen LogP contribution in [0.1, 0.15) is 36.1 Å². The third-order valence-corrected chi connectivity index (χ3v) is 9.06. The Labute approximate surface area is 231 Å². The van der Waals surface area contributed by atoms with E-state index in [1.54, 1.807) is 0 Å². The van der Waals surface area contributed by atoms with Crippen LogP contribution in [0.3, 0.4) is 0 Å². The highest BCUT2D eigenvalue weighted by Crippen LogP contribution is 2.60. The van der Waals surface area contributed by atoms with Crippen molar-refractivity contribution < 1.29 is 10.2 Å². The number of fused-ring (bicyclic) bond motifs is 4. The second kappa shape index (κ2) is 8.00. The summed E-state index contributed by atoms with van der Waals surface area (Å²) in [6.45, 7) is 4.44. The molecule has 0 saturated heterocycles. The largest absolute Gasteiger partial charge is 0.377 e. The molecule has 0 bridgehead atoms. The molecule has 0 heterocycles. The second-order valence-electron chi connectivity index (χ2n) is 11.0. The number of rotatable bonds is 2. The van der Waals surface area contributed by atoms with Crippen molar-refractivity contribution in [2.24, 2.45) is 0 Å². The number of halogens is 1. The summed E-state index contributed by atoms with van der Waals surface area (Å²) in [5.41, 5.74) is 6.21. The van der Waals surface area contributed by atoms with Crippen LogP contribution in [0.4, 0.5) is 0 Å². The summed E-state index contributed by atoms with van der Waals surface area (Å²) in [6.07, 6.45) is 12.2. The Morgan fingerprint density at radius 2 is 1.39 bits per heavy atom. The van der Waals surface area contributed by atoms with E-state index in [1.807, 2.05) is 78.9 Å². The van der Waals surface area contributed by atoms with Crippen molar-refractivity contribution in [2.75, 3.05) is 0 Å². The van der Waals surface area contributed by atoms with E-state index in [1.165, 1.54) is 5.56 Å². The van der Waals surface area contributed by atoms with Gasteiger partial charge >= 0.3 is 0 Å². The lowest BCUT2D eigenvalue weighted by molar-refractivity contribution is 0.116. The predicted octanol–water partition coefficient (Wildman–Crippen LogP) is 7.57. The first-order valence-electron chi connectivity index (χ1n) is 12.9. The van der Waals surface area contributed by atoms with E-state index in [2.05, 4.69) is 66.2 Å². The molecule has 2 N–H and O–H groups in total. The molecule has 3 aromatic carbocycles. The van der Waals surface area contributed by atoms with Crippen molar-refractivity contribution in [3.05, 3.63) is 169 Å². The fraction of sp³-hybridized carbons (Fsp3) is 0.143. The highest BCUT2D eigenvalue weighted by molar-refractivity contribution is 9.10. The van der Waals surface area contributed by atoms with Crippen LogP contribution in [-0.2, 0) is 16.6 Å². The average Bonchev–Trinajstić information content (AvgIpc) is 3.32. The van der Waals surface area contributed by atoms with Gasteiger partial charge in [-0.1, -0.05) is 109 Å². The van der Waals surface area contributed by atoms with Crippen LogP contribution in [0.15, 0.2) is 147 Å². The molecule has 3 aromatic rings. The SMILES string of the molecule is CC1(C)C2=CC3=C4C(=CC=CC4(O)c4ccccc4)C=C3C(O)(c3ccccc3)C2=Cc2ccc(Br)cc21. The molecule has 0 saturated carbocycles. The number of allylic oxidation sites excluding steroid dienone is 4. The third kappa shape index (κ3) is 3.07. The Kier molecular flexibility index (Phi) is 4.97. The molecule has 2 unspecified atom stereocenters. The molecular formula is C35H27BrO2. The van der Waals surface area contributed by atoms with Gasteiger partial charge < -0.3 is 10.2 Å². The minimum atomic E-state index is -1.38. The summed E-state index contributed by atoms with van der Waals surface area (Å²) in [7, 11) is 0. The monoisotopic (exact) mass is 558 g/mol. The summed E-state index contributed by atoms with van der Waals surface area (Å²) in [4.78, 5) is 0. The molecule has 3 heteroatoms. The zero-order valence-corrected chi connectivity index (χ0v) is 22.8. The molecule has 4 aliphatic carbocycles. The molecule has 38 heavy (non-hydrogen) atoms. The number of benzene rings is 3. The second-order valence-corrected chi connectivity index (χ2v) is 11.9. The summed E-state index contributed by atoms with van der Waals surface area (Å²) in [6, 6.07) is 26.0. The fourth-order valence-electron chi connectivity index (χ4n) is 6.66. The zero-order chi connectivity index (χ0) is 26.3. The zero-order valence-electron chi connectivity index (χ0n) is 21.2. The Balaban J connectivity index is 1.59. The minimum absolute atomic E-state index is 0.382. The Hall–Kier alpha value is -3.50. The van der Waals surface area contributed by atoms with Crippen LogP contribution in [0.2, 0.25) is 0 Å². The maximum atomic E-state index is 13.0. The van der Waals surface area contributed by atoms with Crippen LogP contribution in [0.5, 0.6) is 0 Å². The van der Waals surface area contributed by atoms with E-state index in [0.717, 1.165) is 54.6 Å². The van der Waals surface area contributed by atoms with Crippen LogP contribution in [0, 0.1) is 0 Å². The van der Waals surface area contributed by atoms with Gasteiger partial charge in [0, 0.05) is 21.0 Å². The molecule has 2 nitrogen and oxygen atoms in total. The van der Waals surface area contributed by atoms with Gasteiger partial charge in [-0.2, -0.15) is 0 Å². The van der Waals surface area contributed by atoms with Crippen molar-refractivity contribution in [1.82, 2.24) is 0 Å². The lowest BCUT2D eigenvalue weighted by Gasteiger charge is -2.46. The van der Waals surface area contributed by atoms with Gasteiger partial charge in [-0.15, -0.1) is 0 Å². The molecular weight excluding hydrogens is 532 g/mol. The van der Waals surface area contributed by atoms with E-state index >= 15 is 0 Å². The lowest BCUT2D eigenvalue weighted by atomic mass is 9.59. The maximum absolute atomic E-state index is 13.0. The molecule has 0 aromatic heterocycles. The normalized spacial score (nSPS) is 26.3. The van der Waals surface area contributed by atoms with E-state index in [-0.39, 0.29) is 5.41 Å². The molecule has 7 rings (SSSR count). The molecule has 0 aliphatic heterocycles. The first kappa shape index (κ1) is 23.6. The van der Waals surface area contributed by atoms with Gasteiger partial charge in [-0.25, -0.2) is 0 Å². The van der Waals surface area contributed by atoms with Crippen molar-refractivity contribution >= 4 is 22.0 Å². The first-order valence-corrected chi connectivity index (χ1v) is 13.7. The van der Waals surface area contributed by atoms with Gasteiger partial charge in [0.05, 0.1) is 0 Å². The van der Waals surface area contributed by atoms with Gasteiger partial charge in [0.25, 0.3) is 0 Å². The van der Waals surface area contributed by atoms with Crippen molar-refractivity contribution in [3.63, 3.8) is 0 Å². The molecule has 4 aliphatic rings. The minimum Gasteiger partial charge on any atom is -0.377 e. The summed E-state index contributed by atoms with van der Waals surface area (Å²) >= 11 is 3.66. The molecule has 0 amide bonds. The van der Waals surface area contributed by atoms with Crippen LogP contribution in [-0.4, -0.2) is 10.2 Å². The molecule has 0 radical (unpaired) electrons. The van der Waals surface area contributed by atoms with Gasteiger partial charge in [0.15, 0.2) is 0 Å². The standard InChI is InChI=1S/C35H27BrO2/c1-33(2)28-20-26(36)16-15-22(28)18-31-30(33)21-27-29(35(31,38)25-13-7-4-8-14-25)19-23-10-9-17-34(37,32(23)27)24-11-5-3-6-12-24/h3-21,37-38H,1-2H3. The molecule has 0 spiro atoms. The Morgan fingerprint density at radius 1 is 0.711 bits per heavy atom. The molecule has 2 atom stereocenters. The summed E-state index contributed by atoms with van der Waals surface area (Å²) < 4.78 is 1.03. The highest BCUT2D eigenvalue weighted by Gasteiger charge is 2.53. The van der Waals surface area contributed by atoms with Gasteiger partial charge in [-0.3, -0.25) is 0 Å². The third-order valence-electron chi connectivity index (χ3n) is 8.57. The quantitative estimate of drug-likeness (QED) is 0.340. The van der Waals surface area contributed by atoms with Crippen LogP contribution in [0.25, 0.3) is 6.08 Å². The number of aliphatic hydroxyl groups is 2. The topological polar surface area (TPSA) is 40.5 Å². The van der Waals surface area contributed by atoms with Crippen molar-refractivity contribution in [2.45, 2.75) is 30.5 Å². The average molecular weight is 560 g/mol. The van der Waals surface area contributed by atoms with Crippen molar-refractivity contribution in [3.8, 4) is 0 Å². The number of hydrogen-bond donors (Lipinski definition) is 2. The Morgan fingerprint density at radius 3 is 2.11 bits per heavy atom. The molecule has 186 valence electrons. The smallest absolute Gasteiger partial charge is 0.141 e. The molecule has 0 fully saturated rings. The van der Waals surface area contributed by atoms with Gasteiger partial charge in [0.2, 0.25) is 0 Å². The first-order chi connectivity index (χ1) is 18.2. The van der Waals surface area contributed by atoms with Crippen molar-refractivity contribution in [1.29, 1.82) is 0 Å². The van der Waals surface area contributed by atoms with E-state index in [4.69, 9.17) is 0 Å². The Bertz CT molecular complexity index is 1700. The summed E-state index contributed by atoms with van der Waals surface area (Å²) in [5, 5.41) is 25.2. The van der Waals surface area contributed by atoms with Gasteiger partial charge in [0.1, 0.15) is 11.2 Å². The fourth-order valence-corrected chi connectivity index (χ4v) is 7.02. The van der Waals surface area contributed by atoms with E-state index in [9.17, 15) is 10.2 Å². The summed E-state index contributed by atoms with van der Waals surface area (Å²) in [5.74, 6) is 0. The lowest BCUT2D eigenvalue weighted by Crippen LogP contribution is -2.41. The van der Waals surface area contributed by atoms with E-state index in [0.29, 0.717) is 0 Å². The highest BCUT2D eigenvalue weighted by atomic mass is 79.9.